The summed E-state index contributed by atoms with van der Waals surface area (Å²) in [5, 5.41) is 6.72. The van der Waals surface area contributed by atoms with Crippen LogP contribution >= 0.6 is 11.3 Å². The molecule has 0 amide bonds. The van der Waals surface area contributed by atoms with E-state index in [2.05, 4.69) is 32.7 Å². The summed E-state index contributed by atoms with van der Waals surface area (Å²) in [7, 11) is 0. The summed E-state index contributed by atoms with van der Waals surface area (Å²) in [6, 6.07) is 4.32. The van der Waals surface area contributed by atoms with Gasteiger partial charge < -0.3 is 10.2 Å². The van der Waals surface area contributed by atoms with Crippen LogP contribution in [0.1, 0.15) is 0 Å². The highest BCUT2D eigenvalue weighted by molar-refractivity contribution is 7.17. The fourth-order valence-corrected chi connectivity index (χ4v) is 2.70. The number of aromatic nitrogens is 1. The Balaban J connectivity index is 1.95. The minimum atomic E-state index is 1.06. The number of nitrogens with one attached hydrogen (secondary N) is 1. The number of fused-ring (bicyclic) bond motifs is 1. The molecule has 4 heteroatoms. The highest BCUT2D eigenvalue weighted by atomic mass is 32.1. The third-order valence-electron chi connectivity index (χ3n) is 2.76. The number of pyridine rings is 1. The van der Waals surface area contributed by atoms with Crippen LogP contribution < -0.4 is 10.2 Å². The maximum atomic E-state index is 4.51. The monoisotopic (exact) mass is 219 g/mol. The molecule has 15 heavy (non-hydrogen) atoms. The van der Waals surface area contributed by atoms with Crippen molar-refractivity contribution in [3.05, 3.63) is 23.7 Å². The summed E-state index contributed by atoms with van der Waals surface area (Å²) in [5.41, 5.74) is 0. The van der Waals surface area contributed by atoms with Gasteiger partial charge in [-0.15, -0.1) is 11.3 Å². The zero-order valence-corrected chi connectivity index (χ0v) is 9.26. The van der Waals surface area contributed by atoms with Gasteiger partial charge in [0.2, 0.25) is 0 Å². The molecule has 1 fully saturated rings. The Morgan fingerprint density at radius 3 is 3.07 bits per heavy atom. The largest absolute Gasteiger partial charge is 0.354 e. The third kappa shape index (κ3) is 1.70. The molecular weight excluding hydrogens is 206 g/mol. The van der Waals surface area contributed by atoms with E-state index < -0.39 is 0 Å². The highest BCUT2D eigenvalue weighted by Crippen LogP contribution is 2.24. The first-order valence-electron chi connectivity index (χ1n) is 5.22. The minimum Gasteiger partial charge on any atom is -0.354 e. The predicted molar refractivity (Wildman–Crippen MR) is 64.7 cm³/mol. The summed E-state index contributed by atoms with van der Waals surface area (Å²) >= 11 is 1.78. The highest BCUT2D eigenvalue weighted by Gasteiger charge is 2.11. The van der Waals surface area contributed by atoms with Gasteiger partial charge in [-0.2, -0.15) is 0 Å². The first-order valence-corrected chi connectivity index (χ1v) is 6.10. The van der Waals surface area contributed by atoms with Crippen molar-refractivity contribution in [1.82, 2.24) is 10.3 Å². The molecule has 1 N–H and O–H groups in total. The van der Waals surface area contributed by atoms with Gasteiger partial charge in [-0.05, 0) is 17.5 Å². The first-order chi connectivity index (χ1) is 7.43. The number of rotatable bonds is 1. The van der Waals surface area contributed by atoms with Crippen molar-refractivity contribution in [1.29, 1.82) is 0 Å². The van der Waals surface area contributed by atoms with Crippen LogP contribution in [0.15, 0.2) is 23.7 Å². The molecule has 2 aromatic rings. The molecule has 0 bridgehead atoms. The van der Waals surface area contributed by atoms with Gasteiger partial charge in [0, 0.05) is 42.5 Å². The van der Waals surface area contributed by atoms with Crippen LogP contribution in [0.2, 0.25) is 0 Å². The van der Waals surface area contributed by atoms with Crippen LogP contribution in [-0.2, 0) is 0 Å². The number of hydrogen-bond donors (Lipinski definition) is 1. The fourth-order valence-electron chi connectivity index (χ4n) is 1.91. The minimum absolute atomic E-state index is 1.06. The SMILES string of the molecule is c1cc2cnc(N3CCNCC3)cc2s1. The van der Waals surface area contributed by atoms with E-state index in [1.165, 1.54) is 10.1 Å². The third-order valence-corrected chi connectivity index (χ3v) is 3.64. The van der Waals surface area contributed by atoms with Crippen molar-refractivity contribution in [2.45, 2.75) is 0 Å². The Kier molecular flexibility index (Phi) is 2.31. The van der Waals surface area contributed by atoms with E-state index in [9.17, 15) is 0 Å². The lowest BCUT2D eigenvalue weighted by Crippen LogP contribution is -2.43. The van der Waals surface area contributed by atoms with E-state index in [0.717, 1.165) is 32.0 Å². The van der Waals surface area contributed by atoms with E-state index in [1.54, 1.807) is 11.3 Å². The standard InChI is InChI=1S/C11H13N3S/c1-6-15-10-7-11(13-8-9(1)10)14-4-2-12-3-5-14/h1,6-8,12H,2-5H2. The molecule has 0 spiro atoms. The van der Waals surface area contributed by atoms with Crippen molar-refractivity contribution >= 4 is 27.2 Å². The second-order valence-electron chi connectivity index (χ2n) is 3.74. The summed E-state index contributed by atoms with van der Waals surface area (Å²) < 4.78 is 1.33. The lowest BCUT2D eigenvalue weighted by molar-refractivity contribution is 0.585. The predicted octanol–water partition coefficient (Wildman–Crippen LogP) is 1.71. The quantitative estimate of drug-likeness (QED) is 0.791. The number of thiophene rings is 1. The molecule has 0 aliphatic carbocycles. The average molecular weight is 219 g/mol. The van der Waals surface area contributed by atoms with Crippen LogP contribution in [0.4, 0.5) is 5.82 Å². The van der Waals surface area contributed by atoms with Crippen molar-refractivity contribution in [2.24, 2.45) is 0 Å². The molecule has 1 aliphatic heterocycles. The lowest BCUT2D eigenvalue weighted by atomic mass is 10.3. The summed E-state index contributed by atoms with van der Waals surface area (Å²) in [5.74, 6) is 1.12. The Labute approximate surface area is 92.7 Å². The fraction of sp³-hybridized carbons (Fsp3) is 0.364. The smallest absolute Gasteiger partial charge is 0.130 e. The van der Waals surface area contributed by atoms with Crippen LogP contribution in [-0.4, -0.2) is 31.2 Å². The molecule has 3 nitrogen and oxygen atoms in total. The van der Waals surface area contributed by atoms with Crippen molar-refractivity contribution in [3.8, 4) is 0 Å². The molecule has 3 rings (SSSR count). The Morgan fingerprint density at radius 2 is 2.20 bits per heavy atom. The van der Waals surface area contributed by atoms with E-state index in [-0.39, 0.29) is 0 Å². The molecule has 0 saturated carbocycles. The van der Waals surface area contributed by atoms with E-state index >= 15 is 0 Å². The Bertz CT molecular complexity index is 460. The number of piperazine rings is 1. The van der Waals surface area contributed by atoms with Gasteiger partial charge in [-0.25, -0.2) is 4.98 Å². The second kappa shape index (κ2) is 3.79. The molecule has 1 saturated heterocycles. The van der Waals surface area contributed by atoms with Crippen LogP contribution in [0.25, 0.3) is 10.1 Å². The van der Waals surface area contributed by atoms with Gasteiger partial charge in [0.25, 0.3) is 0 Å². The van der Waals surface area contributed by atoms with Gasteiger partial charge in [-0.3, -0.25) is 0 Å². The molecule has 0 aromatic carbocycles. The van der Waals surface area contributed by atoms with Gasteiger partial charge >= 0.3 is 0 Å². The van der Waals surface area contributed by atoms with Crippen LogP contribution in [0.5, 0.6) is 0 Å². The van der Waals surface area contributed by atoms with Gasteiger partial charge in [-0.1, -0.05) is 0 Å². The maximum Gasteiger partial charge on any atom is 0.130 e. The van der Waals surface area contributed by atoms with Crippen molar-refractivity contribution < 1.29 is 0 Å². The van der Waals surface area contributed by atoms with Crippen molar-refractivity contribution in [3.63, 3.8) is 0 Å². The molecule has 0 radical (unpaired) electrons. The molecule has 2 aromatic heterocycles. The van der Waals surface area contributed by atoms with E-state index in [0.29, 0.717) is 0 Å². The summed E-state index contributed by atoms with van der Waals surface area (Å²) in [6.07, 6.45) is 1.98. The molecule has 0 unspecified atom stereocenters. The van der Waals surface area contributed by atoms with Gasteiger partial charge in [0.15, 0.2) is 0 Å². The normalized spacial score (nSPS) is 17.2. The Hall–Kier alpha value is -1.13. The average Bonchev–Trinajstić information content (AvgIpc) is 2.77. The first kappa shape index (κ1) is 9.12. The van der Waals surface area contributed by atoms with Gasteiger partial charge in [0.05, 0.1) is 0 Å². The zero-order chi connectivity index (χ0) is 10.1. The number of hydrogen-bond acceptors (Lipinski definition) is 4. The molecule has 1 aliphatic rings. The molecular formula is C11H13N3S. The summed E-state index contributed by atoms with van der Waals surface area (Å²) in [4.78, 5) is 6.85. The van der Waals surface area contributed by atoms with Crippen LogP contribution in [0, 0.1) is 0 Å². The molecule has 78 valence electrons. The zero-order valence-electron chi connectivity index (χ0n) is 8.44. The van der Waals surface area contributed by atoms with Gasteiger partial charge in [0.1, 0.15) is 5.82 Å². The number of anilines is 1. The van der Waals surface area contributed by atoms with E-state index in [4.69, 9.17) is 0 Å². The van der Waals surface area contributed by atoms with E-state index in [1.807, 2.05) is 6.20 Å². The molecule has 3 heterocycles. The Morgan fingerprint density at radius 1 is 1.33 bits per heavy atom. The van der Waals surface area contributed by atoms with Crippen LogP contribution in [0.3, 0.4) is 0 Å². The lowest BCUT2D eigenvalue weighted by Gasteiger charge is -2.28. The topological polar surface area (TPSA) is 28.2 Å². The maximum absolute atomic E-state index is 4.51. The second-order valence-corrected chi connectivity index (χ2v) is 4.69. The summed E-state index contributed by atoms with van der Waals surface area (Å²) in [6.45, 7) is 4.24. The molecule has 0 atom stereocenters. The number of nitrogens with zero attached hydrogens (tertiary/aromatic N) is 2. The van der Waals surface area contributed by atoms with Crippen molar-refractivity contribution in [2.75, 3.05) is 31.1 Å².